The van der Waals surface area contributed by atoms with Crippen LogP contribution >= 0.6 is 0 Å². The first kappa shape index (κ1) is 12.7. The lowest BCUT2D eigenvalue weighted by atomic mass is 10.0. The van der Waals surface area contributed by atoms with Gasteiger partial charge >= 0.3 is 0 Å². The van der Waals surface area contributed by atoms with Crippen molar-refractivity contribution in [2.75, 3.05) is 20.3 Å². The summed E-state index contributed by atoms with van der Waals surface area (Å²) in [5, 5.41) is 0. The minimum absolute atomic E-state index is 0.619. The Morgan fingerprint density at radius 2 is 1.88 bits per heavy atom. The number of amidine groups is 1. The van der Waals surface area contributed by atoms with Gasteiger partial charge < -0.3 is 10.5 Å². The van der Waals surface area contributed by atoms with Gasteiger partial charge in [0.15, 0.2) is 0 Å². The molecule has 1 aromatic rings. The molecule has 16 heavy (non-hydrogen) atoms. The summed E-state index contributed by atoms with van der Waals surface area (Å²) in [5.41, 5.74) is 9.59. The van der Waals surface area contributed by atoms with Crippen LogP contribution in [0.2, 0.25) is 0 Å². The normalized spacial score (nSPS) is 11.8. The second-order valence-electron chi connectivity index (χ2n) is 4.04. The molecule has 0 unspecified atom stereocenters. The molecule has 0 saturated heterocycles. The van der Waals surface area contributed by atoms with Gasteiger partial charge in [0.05, 0.1) is 19.0 Å². The van der Waals surface area contributed by atoms with Crippen molar-refractivity contribution in [2.45, 2.75) is 20.3 Å². The summed E-state index contributed by atoms with van der Waals surface area (Å²) < 4.78 is 4.92. The number of aryl methyl sites for hydroxylation is 2. The van der Waals surface area contributed by atoms with Crippen LogP contribution in [-0.4, -0.2) is 26.1 Å². The first-order valence-electron chi connectivity index (χ1n) is 5.46. The van der Waals surface area contributed by atoms with E-state index in [9.17, 15) is 0 Å². The lowest BCUT2D eigenvalue weighted by molar-refractivity contribution is 0.208. The van der Waals surface area contributed by atoms with Crippen LogP contribution in [0.15, 0.2) is 23.2 Å². The van der Waals surface area contributed by atoms with E-state index in [4.69, 9.17) is 10.5 Å². The van der Waals surface area contributed by atoms with E-state index in [0.29, 0.717) is 25.4 Å². The minimum Gasteiger partial charge on any atom is -0.387 e. The zero-order valence-electron chi connectivity index (χ0n) is 10.3. The molecule has 0 heterocycles. The molecule has 1 rings (SSSR count). The molecule has 0 aliphatic heterocycles. The fourth-order valence-electron chi connectivity index (χ4n) is 1.72. The van der Waals surface area contributed by atoms with Crippen LogP contribution in [0.1, 0.15) is 16.7 Å². The summed E-state index contributed by atoms with van der Waals surface area (Å²) in [6, 6.07) is 6.44. The predicted molar refractivity (Wildman–Crippen MR) is 68.0 cm³/mol. The Morgan fingerprint density at radius 3 is 2.44 bits per heavy atom. The van der Waals surface area contributed by atoms with Crippen LogP contribution in [-0.2, 0) is 11.2 Å². The number of rotatable bonds is 5. The predicted octanol–water partition coefficient (Wildman–Crippen LogP) is 1.85. The third-order valence-corrected chi connectivity index (χ3v) is 2.28. The van der Waals surface area contributed by atoms with Crippen LogP contribution in [0.4, 0.5) is 0 Å². The molecule has 3 nitrogen and oxygen atoms in total. The van der Waals surface area contributed by atoms with Crippen LogP contribution in [0.3, 0.4) is 0 Å². The number of ether oxygens (including phenoxy) is 1. The molecule has 1 aromatic carbocycles. The standard InChI is InChI=1S/C13H20N2O/c1-10-6-11(2)8-12(7-10)9-13(14)15-4-5-16-3/h6-8H,4-5,9H2,1-3H3,(H2,14,15). The number of aliphatic imine (C=N–C) groups is 1. The summed E-state index contributed by atoms with van der Waals surface area (Å²) in [5.74, 6) is 0.669. The van der Waals surface area contributed by atoms with Gasteiger partial charge in [0.1, 0.15) is 0 Å². The Morgan fingerprint density at radius 1 is 1.25 bits per heavy atom. The molecule has 2 N–H and O–H groups in total. The van der Waals surface area contributed by atoms with E-state index in [-0.39, 0.29) is 0 Å². The number of nitrogens with two attached hydrogens (primary N) is 1. The maximum atomic E-state index is 5.84. The van der Waals surface area contributed by atoms with E-state index in [1.807, 2.05) is 0 Å². The molecule has 88 valence electrons. The van der Waals surface area contributed by atoms with Crippen molar-refractivity contribution in [3.63, 3.8) is 0 Å². The van der Waals surface area contributed by atoms with E-state index in [1.54, 1.807) is 7.11 Å². The van der Waals surface area contributed by atoms with Crippen LogP contribution in [0.25, 0.3) is 0 Å². The molecule has 0 atom stereocenters. The lowest BCUT2D eigenvalue weighted by Crippen LogP contribution is -2.16. The monoisotopic (exact) mass is 220 g/mol. The van der Waals surface area contributed by atoms with Gasteiger partial charge in [0, 0.05) is 13.5 Å². The number of methoxy groups -OCH3 is 1. The third kappa shape index (κ3) is 4.45. The van der Waals surface area contributed by atoms with Crippen molar-refractivity contribution in [1.29, 1.82) is 0 Å². The highest BCUT2D eigenvalue weighted by Crippen LogP contribution is 2.09. The maximum Gasteiger partial charge on any atom is 0.0982 e. The largest absolute Gasteiger partial charge is 0.387 e. The summed E-state index contributed by atoms with van der Waals surface area (Å²) in [6.07, 6.45) is 0.715. The average Bonchev–Trinajstić information content (AvgIpc) is 2.16. The molecular formula is C13H20N2O. The summed E-state index contributed by atoms with van der Waals surface area (Å²) in [4.78, 5) is 4.24. The van der Waals surface area contributed by atoms with Crippen LogP contribution in [0, 0.1) is 13.8 Å². The van der Waals surface area contributed by atoms with Crippen molar-refractivity contribution in [1.82, 2.24) is 0 Å². The molecule has 0 bridgehead atoms. The first-order chi connectivity index (χ1) is 7.61. The molecule has 0 aromatic heterocycles. The van der Waals surface area contributed by atoms with E-state index >= 15 is 0 Å². The lowest BCUT2D eigenvalue weighted by Gasteiger charge is -2.05. The molecular weight excluding hydrogens is 200 g/mol. The fourth-order valence-corrected chi connectivity index (χ4v) is 1.72. The van der Waals surface area contributed by atoms with Gasteiger partial charge in [0.25, 0.3) is 0 Å². The van der Waals surface area contributed by atoms with Crippen molar-refractivity contribution in [3.8, 4) is 0 Å². The number of benzene rings is 1. The molecule has 0 spiro atoms. The molecule has 0 amide bonds. The Balaban J connectivity index is 2.61. The van der Waals surface area contributed by atoms with Gasteiger partial charge in [-0.15, -0.1) is 0 Å². The quantitative estimate of drug-likeness (QED) is 0.467. The fraction of sp³-hybridized carbons (Fsp3) is 0.462. The Bertz CT molecular complexity index is 352. The second kappa shape index (κ2) is 6.28. The van der Waals surface area contributed by atoms with Crippen molar-refractivity contribution < 1.29 is 4.74 Å². The molecule has 0 radical (unpaired) electrons. The van der Waals surface area contributed by atoms with Gasteiger partial charge in [-0.05, 0) is 19.4 Å². The third-order valence-electron chi connectivity index (χ3n) is 2.28. The van der Waals surface area contributed by atoms with Gasteiger partial charge in [-0.3, -0.25) is 4.99 Å². The van der Waals surface area contributed by atoms with E-state index in [2.05, 4.69) is 37.0 Å². The zero-order valence-corrected chi connectivity index (χ0v) is 10.3. The average molecular weight is 220 g/mol. The molecule has 0 fully saturated rings. The number of hydrogen-bond donors (Lipinski definition) is 1. The van der Waals surface area contributed by atoms with Gasteiger partial charge in [-0.25, -0.2) is 0 Å². The SMILES string of the molecule is COCCN=C(N)Cc1cc(C)cc(C)c1. The van der Waals surface area contributed by atoms with Crippen molar-refractivity contribution in [2.24, 2.45) is 10.7 Å². The molecule has 0 aliphatic carbocycles. The van der Waals surface area contributed by atoms with Crippen LogP contribution < -0.4 is 5.73 Å². The highest BCUT2D eigenvalue weighted by molar-refractivity contribution is 5.82. The summed E-state index contributed by atoms with van der Waals surface area (Å²) in [6.45, 7) is 5.43. The van der Waals surface area contributed by atoms with Gasteiger partial charge in [-0.1, -0.05) is 29.3 Å². The first-order valence-corrected chi connectivity index (χ1v) is 5.46. The van der Waals surface area contributed by atoms with Crippen molar-refractivity contribution >= 4 is 5.84 Å². The molecule has 0 aliphatic rings. The van der Waals surface area contributed by atoms with Gasteiger partial charge in [0.2, 0.25) is 0 Å². The Kier molecular flexibility index (Phi) is 4.99. The Labute approximate surface area is 97.3 Å². The summed E-state index contributed by atoms with van der Waals surface area (Å²) in [7, 11) is 1.66. The highest BCUT2D eigenvalue weighted by atomic mass is 16.5. The summed E-state index contributed by atoms with van der Waals surface area (Å²) >= 11 is 0. The minimum atomic E-state index is 0.619. The molecule has 0 saturated carbocycles. The van der Waals surface area contributed by atoms with E-state index in [1.165, 1.54) is 16.7 Å². The highest BCUT2D eigenvalue weighted by Gasteiger charge is 1.99. The maximum absolute atomic E-state index is 5.84. The topological polar surface area (TPSA) is 47.6 Å². The second-order valence-corrected chi connectivity index (χ2v) is 4.04. The van der Waals surface area contributed by atoms with Crippen molar-refractivity contribution in [3.05, 3.63) is 34.9 Å². The van der Waals surface area contributed by atoms with Gasteiger partial charge in [-0.2, -0.15) is 0 Å². The smallest absolute Gasteiger partial charge is 0.0982 e. The molecule has 3 heteroatoms. The van der Waals surface area contributed by atoms with E-state index in [0.717, 1.165) is 0 Å². The zero-order chi connectivity index (χ0) is 12.0. The number of hydrogen-bond acceptors (Lipinski definition) is 2. The van der Waals surface area contributed by atoms with Crippen LogP contribution in [0.5, 0.6) is 0 Å². The Hall–Kier alpha value is -1.35. The number of nitrogens with zero attached hydrogens (tertiary/aromatic N) is 1. The van der Waals surface area contributed by atoms with E-state index < -0.39 is 0 Å².